The molecule has 150 valence electrons. The maximum Gasteiger partial charge on any atom is 0.255 e. The van der Waals surface area contributed by atoms with Crippen LogP contribution in [0.5, 0.6) is 5.75 Å². The van der Waals surface area contributed by atoms with E-state index in [1.165, 1.54) is 12.1 Å². The van der Waals surface area contributed by atoms with Gasteiger partial charge in [-0.3, -0.25) is 4.79 Å². The van der Waals surface area contributed by atoms with Gasteiger partial charge < -0.3 is 10.1 Å². The molecule has 0 aliphatic heterocycles. The number of anilines is 1. The van der Waals surface area contributed by atoms with Gasteiger partial charge in [-0.15, -0.1) is 0 Å². The van der Waals surface area contributed by atoms with Crippen LogP contribution in [-0.4, -0.2) is 21.4 Å². The minimum Gasteiger partial charge on any atom is -0.497 e. The molecule has 7 heteroatoms. The van der Waals surface area contributed by atoms with E-state index in [1.807, 2.05) is 30.3 Å². The minimum absolute atomic E-state index is 0.0369. The van der Waals surface area contributed by atoms with Crippen molar-refractivity contribution in [2.45, 2.75) is 18.4 Å². The van der Waals surface area contributed by atoms with Crippen molar-refractivity contribution < 1.29 is 17.9 Å². The molecular formula is C22H22N2O4S. The number of methoxy groups -OCH3 is 1. The van der Waals surface area contributed by atoms with Crippen molar-refractivity contribution in [3.63, 3.8) is 0 Å². The third-order valence-corrected chi connectivity index (χ3v) is 5.80. The van der Waals surface area contributed by atoms with Crippen LogP contribution >= 0.6 is 0 Å². The predicted molar refractivity (Wildman–Crippen MR) is 113 cm³/mol. The summed E-state index contributed by atoms with van der Waals surface area (Å²) in [5, 5.41) is 2.78. The Morgan fingerprint density at radius 3 is 2.45 bits per heavy atom. The van der Waals surface area contributed by atoms with E-state index in [9.17, 15) is 13.2 Å². The molecule has 2 N–H and O–H groups in total. The molecule has 0 saturated heterocycles. The molecule has 29 heavy (non-hydrogen) atoms. The number of rotatable bonds is 7. The quantitative estimate of drug-likeness (QED) is 0.622. The number of nitrogens with one attached hydrogen (secondary N) is 2. The van der Waals surface area contributed by atoms with Crippen LogP contribution in [0.4, 0.5) is 5.69 Å². The standard InChI is InChI=1S/C22H22N2O4S/c1-16-11-12-20(29(26,27)23-15-17-7-4-3-5-8-17)14-21(16)22(25)24-18-9-6-10-19(13-18)28-2/h3-14,23H,15H2,1-2H3,(H,24,25). The monoisotopic (exact) mass is 410 g/mol. The normalized spacial score (nSPS) is 11.1. The summed E-state index contributed by atoms with van der Waals surface area (Å²) >= 11 is 0. The summed E-state index contributed by atoms with van der Waals surface area (Å²) in [5.41, 5.74) is 2.37. The molecule has 0 fully saturated rings. The molecule has 1 amide bonds. The largest absolute Gasteiger partial charge is 0.497 e. The van der Waals surface area contributed by atoms with Crippen molar-refractivity contribution in [2.24, 2.45) is 0 Å². The third kappa shape index (κ3) is 5.22. The zero-order valence-corrected chi connectivity index (χ0v) is 17.0. The summed E-state index contributed by atoms with van der Waals surface area (Å²) in [6.45, 7) is 1.93. The molecule has 0 bridgehead atoms. The summed E-state index contributed by atoms with van der Waals surface area (Å²) in [6.07, 6.45) is 0. The fourth-order valence-electron chi connectivity index (χ4n) is 2.77. The lowest BCUT2D eigenvalue weighted by Gasteiger charge is -2.12. The fourth-order valence-corrected chi connectivity index (χ4v) is 3.81. The highest BCUT2D eigenvalue weighted by atomic mass is 32.2. The number of amides is 1. The lowest BCUT2D eigenvalue weighted by Crippen LogP contribution is -2.24. The highest BCUT2D eigenvalue weighted by Gasteiger charge is 2.18. The van der Waals surface area contributed by atoms with Gasteiger partial charge in [-0.2, -0.15) is 0 Å². The van der Waals surface area contributed by atoms with E-state index >= 15 is 0 Å². The molecule has 0 unspecified atom stereocenters. The lowest BCUT2D eigenvalue weighted by molar-refractivity contribution is 0.102. The van der Waals surface area contributed by atoms with Crippen molar-refractivity contribution in [2.75, 3.05) is 12.4 Å². The van der Waals surface area contributed by atoms with Gasteiger partial charge in [0.25, 0.3) is 5.91 Å². The van der Waals surface area contributed by atoms with E-state index in [0.717, 1.165) is 5.56 Å². The predicted octanol–water partition coefficient (Wildman–Crippen LogP) is 3.73. The number of aryl methyl sites for hydroxylation is 1. The summed E-state index contributed by atoms with van der Waals surface area (Å²) in [4.78, 5) is 12.8. The van der Waals surface area contributed by atoms with Crippen LogP contribution in [-0.2, 0) is 16.6 Å². The molecule has 0 aromatic heterocycles. The maximum absolute atomic E-state index is 12.7. The molecule has 0 heterocycles. The Morgan fingerprint density at radius 2 is 1.72 bits per heavy atom. The zero-order chi connectivity index (χ0) is 20.9. The van der Waals surface area contributed by atoms with Gasteiger partial charge in [0.15, 0.2) is 0 Å². The molecular weight excluding hydrogens is 388 g/mol. The summed E-state index contributed by atoms with van der Waals surface area (Å²) in [7, 11) is -2.22. The van der Waals surface area contributed by atoms with Gasteiger partial charge in [-0.1, -0.05) is 42.5 Å². The highest BCUT2D eigenvalue weighted by molar-refractivity contribution is 7.89. The van der Waals surface area contributed by atoms with Crippen molar-refractivity contribution >= 4 is 21.6 Å². The van der Waals surface area contributed by atoms with Crippen LogP contribution < -0.4 is 14.8 Å². The average Bonchev–Trinajstić information content (AvgIpc) is 2.73. The fraction of sp³-hybridized carbons (Fsp3) is 0.136. The van der Waals surface area contributed by atoms with Gasteiger partial charge in [-0.25, -0.2) is 13.1 Å². The van der Waals surface area contributed by atoms with E-state index in [4.69, 9.17) is 4.74 Å². The van der Waals surface area contributed by atoms with Gasteiger partial charge in [0.1, 0.15) is 5.75 Å². The van der Waals surface area contributed by atoms with Crippen LogP contribution in [0, 0.1) is 6.92 Å². The Labute approximate surface area is 170 Å². The maximum atomic E-state index is 12.7. The average molecular weight is 410 g/mol. The third-order valence-electron chi connectivity index (χ3n) is 4.40. The van der Waals surface area contributed by atoms with Gasteiger partial charge >= 0.3 is 0 Å². The summed E-state index contributed by atoms with van der Waals surface area (Å²) in [6, 6.07) is 20.7. The Balaban J connectivity index is 1.80. The van der Waals surface area contributed by atoms with Gasteiger partial charge in [0.05, 0.1) is 12.0 Å². The number of ether oxygens (including phenoxy) is 1. The Hall–Kier alpha value is -3.16. The molecule has 0 saturated carbocycles. The second kappa shape index (κ2) is 8.89. The first kappa shape index (κ1) is 20.6. The van der Waals surface area contributed by atoms with Crippen LogP contribution in [0.25, 0.3) is 0 Å². The van der Waals surface area contributed by atoms with Crippen LogP contribution in [0.15, 0.2) is 77.7 Å². The van der Waals surface area contributed by atoms with Crippen molar-refractivity contribution in [3.05, 3.63) is 89.5 Å². The van der Waals surface area contributed by atoms with E-state index in [1.54, 1.807) is 44.4 Å². The summed E-state index contributed by atoms with van der Waals surface area (Å²) < 4.78 is 33.1. The molecule has 0 spiro atoms. The topological polar surface area (TPSA) is 84.5 Å². The number of sulfonamides is 1. The van der Waals surface area contributed by atoms with Crippen molar-refractivity contribution in [1.82, 2.24) is 4.72 Å². The van der Waals surface area contributed by atoms with E-state index in [-0.39, 0.29) is 17.0 Å². The van der Waals surface area contributed by atoms with Crippen LogP contribution in [0.3, 0.4) is 0 Å². The Morgan fingerprint density at radius 1 is 0.966 bits per heavy atom. The second-order valence-electron chi connectivity index (χ2n) is 6.47. The Bertz CT molecular complexity index is 1110. The summed E-state index contributed by atoms with van der Waals surface area (Å²) in [5.74, 6) is 0.219. The SMILES string of the molecule is COc1cccc(NC(=O)c2cc(S(=O)(=O)NCc3ccccc3)ccc2C)c1. The van der Waals surface area contributed by atoms with Gasteiger partial charge in [0, 0.05) is 23.9 Å². The van der Waals surface area contributed by atoms with E-state index in [2.05, 4.69) is 10.0 Å². The molecule has 3 aromatic carbocycles. The number of carbonyl (C=O) groups is 1. The van der Waals surface area contributed by atoms with Gasteiger partial charge in [-0.05, 0) is 42.3 Å². The Kier molecular flexibility index (Phi) is 6.31. The van der Waals surface area contributed by atoms with E-state index in [0.29, 0.717) is 17.0 Å². The first-order valence-corrected chi connectivity index (χ1v) is 10.5. The van der Waals surface area contributed by atoms with Crippen molar-refractivity contribution in [1.29, 1.82) is 0 Å². The molecule has 3 aromatic rings. The molecule has 3 rings (SSSR count). The lowest BCUT2D eigenvalue weighted by atomic mass is 10.1. The van der Waals surface area contributed by atoms with E-state index < -0.39 is 15.9 Å². The molecule has 0 aliphatic rings. The highest BCUT2D eigenvalue weighted by Crippen LogP contribution is 2.20. The zero-order valence-electron chi connectivity index (χ0n) is 16.2. The number of carbonyl (C=O) groups excluding carboxylic acids is 1. The first-order chi connectivity index (χ1) is 13.9. The first-order valence-electron chi connectivity index (χ1n) is 8.99. The molecule has 0 aliphatic carbocycles. The molecule has 0 atom stereocenters. The molecule has 6 nitrogen and oxygen atoms in total. The molecule has 0 radical (unpaired) electrons. The van der Waals surface area contributed by atoms with Gasteiger partial charge in [0.2, 0.25) is 10.0 Å². The van der Waals surface area contributed by atoms with Crippen LogP contribution in [0.2, 0.25) is 0 Å². The smallest absolute Gasteiger partial charge is 0.255 e. The number of hydrogen-bond donors (Lipinski definition) is 2. The number of hydrogen-bond acceptors (Lipinski definition) is 4. The second-order valence-corrected chi connectivity index (χ2v) is 8.24. The minimum atomic E-state index is -3.76. The van der Waals surface area contributed by atoms with Crippen molar-refractivity contribution in [3.8, 4) is 5.75 Å². The van der Waals surface area contributed by atoms with Crippen LogP contribution in [0.1, 0.15) is 21.5 Å². The number of benzene rings is 3.